The smallest absolute Gasteiger partial charge is 0.408 e. The Hall–Kier alpha value is -4.28. The van der Waals surface area contributed by atoms with Crippen LogP contribution < -0.4 is 16.0 Å². The van der Waals surface area contributed by atoms with Gasteiger partial charge in [-0.2, -0.15) is 0 Å². The van der Waals surface area contributed by atoms with Gasteiger partial charge in [-0.3, -0.25) is 9.59 Å². The van der Waals surface area contributed by atoms with E-state index in [1.807, 2.05) is 30.3 Å². The number of ether oxygens (including phenoxy) is 2. The summed E-state index contributed by atoms with van der Waals surface area (Å²) >= 11 is 0. The van der Waals surface area contributed by atoms with Crippen molar-refractivity contribution in [2.45, 2.75) is 78.7 Å². The fourth-order valence-electron chi connectivity index (χ4n) is 3.93. The summed E-state index contributed by atoms with van der Waals surface area (Å²) in [5.74, 6) is -2.82. The molecule has 224 valence electrons. The number of nitrogens with one attached hydrogen (secondary N) is 3. The molecule has 3 amide bonds. The van der Waals surface area contributed by atoms with Gasteiger partial charge in [-0.15, -0.1) is 0 Å². The third-order valence-corrected chi connectivity index (χ3v) is 6.02. The van der Waals surface area contributed by atoms with Gasteiger partial charge < -0.3 is 35.6 Å². The SMILES string of the molecule is CC(C[C@H](Cc1ccc(O)c(NC(=O)C(NC(=O)OCc2ccccc2)C(C)C)c1)NC(=O)OC(C)(C)C)C(=O)O. The summed E-state index contributed by atoms with van der Waals surface area (Å²) in [6.45, 7) is 10.3. The van der Waals surface area contributed by atoms with Crippen LogP contribution in [0.4, 0.5) is 15.3 Å². The Morgan fingerprint density at radius 1 is 0.902 bits per heavy atom. The Kier molecular flexibility index (Phi) is 12.0. The van der Waals surface area contributed by atoms with E-state index >= 15 is 0 Å². The first kappa shape index (κ1) is 32.9. The fraction of sp³-hybridized carbons (Fsp3) is 0.467. The molecule has 0 radical (unpaired) electrons. The van der Waals surface area contributed by atoms with Crippen LogP contribution in [0.2, 0.25) is 0 Å². The van der Waals surface area contributed by atoms with Crippen molar-refractivity contribution in [3.8, 4) is 5.75 Å². The first-order chi connectivity index (χ1) is 19.1. The first-order valence-corrected chi connectivity index (χ1v) is 13.5. The molecule has 41 heavy (non-hydrogen) atoms. The van der Waals surface area contributed by atoms with Crippen molar-refractivity contribution in [2.75, 3.05) is 5.32 Å². The standard InChI is InChI=1S/C30H41N3O8/c1-18(2)25(33-28(38)40-17-20-10-8-7-9-11-20)26(35)32-23-16-21(12-13-24(23)34)15-22(14-19(3)27(36)37)31-29(39)41-30(4,5)6/h7-13,16,18-19,22,25,34H,14-15,17H2,1-6H3,(H,31,39)(H,32,35)(H,33,38)(H,36,37)/t19?,22-,25?/m1/s1. The van der Waals surface area contributed by atoms with E-state index < -0.39 is 47.7 Å². The van der Waals surface area contributed by atoms with E-state index in [2.05, 4.69) is 16.0 Å². The molecule has 0 heterocycles. The van der Waals surface area contributed by atoms with Crippen LogP contribution in [-0.2, 0) is 32.1 Å². The lowest BCUT2D eigenvalue weighted by molar-refractivity contribution is -0.141. The molecular weight excluding hydrogens is 530 g/mol. The van der Waals surface area contributed by atoms with Gasteiger partial charge >= 0.3 is 18.2 Å². The summed E-state index contributed by atoms with van der Waals surface area (Å²) in [7, 11) is 0. The molecule has 0 aliphatic carbocycles. The molecule has 11 heteroatoms. The van der Waals surface area contributed by atoms with Gasteiger partial charge in [-0.1, -0.05) is 57.2 Å². The molecule has 0 aromatic heterocycles. The van der Waals surface area contributed by atoms with E-state index in [1.165, 1.54) is 12.1 Å². The number of carbonyl (C=O) groups is 4. The zero-order valence-electron chi connectivity index (χ0n) is 24.4. The number of amides is 3. The molecule has 5 N–H and O–H groups in total. The molecule has 0 spiro atoms. The Bertz CT molecular complexity index is 1190. The second-order valence-electron chi connectivity index (χ2n) is 11.3. The maximum Gasteiger partial charge on any atom is 0.408 e. The van der Waals surface area contributed by atoms with Crippen molar-refractivity contribution < 1.29 is 38.9 Å². The second-order valence-corrected chi connectivity index (χ2v) is 11.3. The molecule has 0 aliphatic rings. The number of phenols is 1. The highest BCUT2D eigenvalue weighted by Gasteiger charge is 2.27. The molecule has 11 nitrogen and oxygen atoms in total. The molecule has 2 aromatic rings. The first-order valence-electron chi connectivity index (χ1n) is 13.5. The molecule has 0 aliphatic heterocycles. The van der Waals surface area contributed by atoms with Gasteiger partial charge in [0.1, 0.15) is 24.0 Å². The van der Waals surface area contributed by atoms with Gasteiger partial charge in [0.15, 0.2) is 0 Å². The van der Waals surface area contributed by atoms with Crippen LogP contribution in [0.15, 0.2) is 48.5 Å². The van der Waals surface area contributed by atoms with Crippen molar-refractivity contribution in [1.82, 2.24) is 10.6 Å². The van der Waals surface area contributed by atoms with E-state index in [-0.39, 0.29) is 36.8 Å². The zero-order valence-corrected chi connectivity index (χ0v) is 24.4. The summed E-state index contributed by atoms with van der Waals surface area (Å²) in [5.41, 5.74) is 0.776. The summed E-state index contributed by atoms with van der Waals surface area (Å²) in [4.78, 5) is 49.4. The molecule has 2 unspecified atom stereocenters. The lowest BCUT2D eigenvalue weighted by Crippen LogP contribution is -2.47. The van der Waals surface area contributed by atoms with E-state index in [4.69, 9.17) is 9.47 Å². The maximum atomic E-state index is 13.1. The number of hydrogen-bond acceptors (Lipinski definition) is 7. The predicted molar refractivity (Wildman–Crippen MR) is 153 cm³/mol. The van der Waals surface area contributed by atoms with E-state index in [0.717, 1.165) is 5.56 Å². The topological polar surface area (TPSA) is 163 Å². The number of rotatable bonds is 12. The van der Waals surface area contributed by atoms with E-state index in [0.29, 0.717) is 5.56 Å². The summed E-state index contributed by atoms with van der Waals surface area (Å²) in [6.07, 6.45) is -1.11. The number of alkyl carbamates (subject to hydrolysis) is 2. The maximum absolute atomic E-state index is 13.1. The summed E-state index contributed by atoms with van der Waals surface area (Å²) in [6, 6.07) is 12.1. The monoisotopic (exact) mass is 571 g/mol. The van der Waals surface area contributed by atoms with Gasteiger partial charge in [0.05, 0.1) is 11.6 Å². The number of anilines is 1. The van der Waals surface area contributed by atoms with Gasteiger partial charge in [-0.25, -0.2) is 9.59 Å². The van der Waals surface area contributed by atoms with Crippen LogP contribution in [0, 0.1) is 11.8 Å². The molecule has 3 atom stereocenters. The highest BCUT2D eigenvalue weighted by molar-refractivity contribution is 5.97. The third kappa shape index (κ3) is 11.8. The Balaban J connectivity index is 2.13. The van der Waals surface area contributed by atoms with Crippen LogP contribution in [0.3, 0.4) is 0 Å². The van der Waals surface area contributed by atoms with Crippen LogP contribution in [-0.4, -0.2) is 52.0 Å². The molecule has 2 rings (SSSR count). The van der Waals surface area contributed by atoms with Gasteiger partial charge in [0.25, 0.3) is 0 Å². The minimum Gasteiger partial charge on any atom is -0.506 e. The van der Waals surface area contributed by atoms with Crippen LogP contribution >= 0.6 is 0 Å². The van der Waals surface area contributed by atoms with E-state index in [1.54, 1.807) is 47.6 Å². The van der Waals surface area contributed by atoms with Crippen LogP contribution in [0.5, 0.6) is 5.75 Å². The van der Waals surface area contributed by atoms with E-state index in [9.17, 15) is 29.4 Å². The second kappa shape index (κ2) is 14.9. The number of aromatic hydroxyl groups is 1. The highest BCUT2D eigenvalue weighted by Crippen LogP contribution is 2.26. The molecule has 0 fully saturated rings. The lowest BCUT2D eigenvalue weighted by Gasteiger charge is -2.25. The number of carbonyl (C=O) groups excluding carboxylic acids is 3. The molecule has 0 bridgehead atoms. The third-order valence-electron chi connectivity index (χ3n) is 6.02. The Labute approximate surface area is 240 Å². The quantitative estimate of drug-likeness (QED) is 0.226. The molecule has 0 saturated carbocycles. The number of carboxylic acids is 1. The average Bonchev–Trinajstić information content (AvgIpc) is 2.87. The highest BCUT2D eigenvalue weighted by atomic mass is 16.6. The summed E-state index contributed by atoms with van der Waals surface area (Å²) < 4.78 is 10.6. The van der Waals surface area contributed by atoms with Gasteiger partial charge in [0.2, 0.25) is 5.91 Å². The van der Waals surface area contributed by atoms with Crippen LogP contribution in [0.25, 0.3) is 0 Å². The van der Waals surface area contributed by atoms with Crippen molar-refractivity contribution in [3.63, 3.8) is 0 Å². The number of benzene rings is 2. The lowest BCUT2D eigenvalue weighted by atomic mass is 9.96. The minimum atomic E-state index is -1.01. The number of phenolic OH excluding ortho intramolecular Hbond substituents is 1. The fourth-order valence-corrected chi connectivity index (χ4v) is 3.93. The predicted octanol–water partition coefficient (Wildman–Crippen LogP) is 4.83. The van der Waals surface area contributed by atoms with Crippen molar-refractivity contribution in [2.24, 2.45) is 11.8 Å². The normalized spacial score (nSPS) is 13.4. The molecule has 2 aromatic carbocycles. The van der Waals surface area contributed by atoms with Gasteiger partial charge in [0, 0.05) is 6.04 Å². The Morgan fingerprint density at radius 3 is 2.15 bits per heavy atom. The molecule has 0 saturated heterocycles. The van der Waals surface area contributed by atoms with Crippen molar-refractivity contribution in [3.05, 3.63) is 59.7 Å². The average molecular weight is 572 g/mol. The van der Waals surface area contributed by atoms with Crippen molar-refractivity contribution in [1.29, 1.82) is 0 Å². The minimum absolute atomic E-state index is 0.0426. The number of hydrogen-bond donors (Lipinski definition) is 5. The zero-order chi connectivity index (χ0) is 30.7. The van der Waals surface area contributed by atoms with Gasteiger partial charge in [-0.05, 0) is 62.8 Å². The van der Waals surface area contributed by atoms with Crippen molar-refractivity contribution >= 4 is 29.8 Å². The Morgan fingerprint density at radius 2 is 1.56 bits per heavy atom. The largest absolute Gasteiger partial charge is 0.506 e. The molecular formula is C30H41N3O8. The number of aliphatic carboxylic acids is 1. The number of carboxylic acid groups (broad SMARTS) is 1. The summed E-state index contributed by atoms with van der Waals surface area (Å²) in [5, 5.41) is 27.8. The van der Waals surface area contributed by atoms with Crippen LogP contribution in [0.1, 0.15) is 59.1 Å².